The molecule has 0 amide bonds. The zero-order valence-electron chi connectivity index (χ0n) is 10.8. The lowest BCUT2D eigenvalue weighted by Gasteiger charge is -2.13. The lowest BCUT2D eigenvalue weighted by molar-refractivity contribution is 0.242. The number of aryl methyl sites for hydroxylation is 1. The Hall–Kier alpha value is -1.51. The van der Waals surface area contributed by atoms with Crippen LogP contribution >= 0.6 is 11.6 Å². The van der Waals surface area contributed by atoms with E-state index in [4.69, 9.17) is 22.1 Å². The van der Waals surface area contributed by atoms with Gasteiger partial charge in [-0.25, -0.2) is 0 Å². The van der Waals surface area contributed by atoms with E-state index in [1.54, 1.807) is 0 Å². The number of fused-ring (bicyclic) bond motifs is 1. The quantitative estimate of drug-likeness (QED) is 0.908. The van der Waals surface area contributed by atoms with E-state index in [2.05, 4.69) is 19.1 Å². The number of ether oxygens (including phenoxy) is 1. The molecule has 2 N–H and O–H groups in total. The van der Waals surface area contributed by atoms with Gasteiger partial charge < -0.3 is 10.5 Å². The maximum atomic E-state index is 6.23. The first-order valence-corrected chi connectivity index (χ1v) is 6.82. The normalized spacial score (nSPS) is 17.1. The Labute approximate surface area is 118 Å². The molecule has 0 saturated carbocycles. The summed E-state index contributed by atoms with van der Waals surface area (Å²) in [7, 11) is 0. The third-order valence-electron chi connectivity index (χ3n) is 3.56. The summed E-state index contributed by atoms with van der Waals surface area (Å²) >= 11 is 6.23. The molecule has 3 heteroatoms. The Kier molecular flexibility index (Phi) is 3.21. The highest BCUT2D eigenvalue weighted by molar-refractivity contribution is 6.31. The van der Waals surface area contributed by atoms with Crippen LogP contribution in [0.3, 0.4) is 0 Å². The van der Waals surface area contributed by atoms with E-state index in [9.17, 15) is 0 Å². The predicted octanol–water partition coefficient (Wildman–Crippen LogP) is 3.58. The summed E-state index contributed by atoms with van der Waals surface area (Å²) in [5.41, 5.74) is 10.3. The molecule has 0 bridgehead atoms. The molecule has 2 aromatic carbocycles. The molecule has 0 fully saturated rings. The molecule has 1 aliphatic rings. The van der Waals surface area contributed by atoms with Crippen LogP contribution in [-0.2, 0) is 6.42 Å². The summed E-state index contributed by atoms with van der Waals surface area (Å²) in [4.78, 5) is 0. The molecule has 98 valence electrons. The van der Waals surface area contributed by atoms with Gasteiger partial charge in [0.2, 0.25) is 0 Å². The van der Waals surface area contributed by atoms with Crippen molar-refractivity contribution in [3.05, 3.63) is 52.5 Å². The van der Waals surface area contributed by atoms with E-state index in [-0.39, 0.29) is 6.10 Å². The highest BCUT2D eigenvalue weighted by Gasteiger charge is 2.25. The fourth-order valence-electron chi connectivity index (χ4n) is 2.60. The molecular weight excluding hydrogens is 258 g/mol. The van der Waals surface area contributed by atoms with Crippen molar-refractivity contribution in [1.82, 2.24) is 0 Å². The molecule has 1 unspecified atom stereocenters. The maximum Gasteiger partial charge on any atom is 0.131 e. The number of rotatable bonds is 2. The molecule has 0 aliphatic carbocycles. The molecule has 0 aromatic heterocycles. The van der Waals surface area contributed by atoms with E-state index in [1.165, 1.54) is 11.1 Å². The monoisotopic (exact) mass is 273 g/mol. The molecule has 1 atom stereocenters. The van der Waals surface area contributed by atoms with Crippen molar-refractivity contribution in [3.63, 3.8) is 0 Å². The molecule has 0 saturated heterocycles. The largest absolute Gasteiger partial charge is 0.488 e. The summed E-state index contributed by atoms with van der Waals surface area (Å²) in [5.74, 6) is 0.939. The minimum absolute atomic E-state index is 0.0660. The van der Waals surface area contributed by atoms with Crippen molar-refractivity contribution in [1.29, 1.82) is 0 Å². The van der Waals surface area contributed by atoms with Gasteiger partial charge in [-0.05, 0) is 35.7 Å². The smallest absolute Gasteiger partial charge is 0.131 e. The zero-order valence-corrected chi connectivity index (χ0v) is 11.6. The molecule has 3 rings (SSSR count). The Balaban J connectivity index is 2.16. The molecule has 1 aliphatic heterocycles. The summed E-state index contributed by atoms with van der Waals surface area (Å²) < 4.78 is 5.97. The first-order chi connectivity index (χ1) is 9.19. The van der Waals surface area contributed by atoms with Crippen LogP contribution in [0, 0.1) is 6.92 Å². The van der Waals surface area contributed by atoms with Gasteiger partial charge in [0.15, 0.2) is 0 Å². The summed E-state index contributed by atoms with van der Waals surface area (Å²) in [6.07, 6.45) is 0.905. The topological polar surface area (TPSA) is 35.2 Å². The molecule has 2 aromatic rings. The van der Waals surface area contributed by atoms with Crippen LogP contribution in [0.25, 0.3) is 11.1 Å². The van der Waals surface area contributed by atoms with Gasteiger partial charge >= 0.3 is 0 Å². The third-order valence-corrected chi connectivity index (χ3v) is 3.78. The number of hydrogen-bond acceptors (Lipinski definition) is 2. The van der Waals surface area contributed by atoms with Crippen LogP contribution in [0.2, 0.25) is 5.02 Å². The van der Waals surface area contributed by atoms with Gasteiger partial charge in [0.05, 0.1) is 0 Å². The Morgan fingerprint density at radius 2 is 2.05 bits per heavy atom. The van der Waals surface area contributed by atoms with Crippen molar-refractivity contribution in [2.45, 2.75) is 19.4 Å². The van der Waals surface area contributed by atoms with Crippen molar-refractivity contribution < 1.29 is 4.74 Å². The SMILES string of the molecule is Cc1ccccc1-c1cc(Cl)cc2c1OC(CN)C2. The minimum Gasteiger partial charge on any atom is -0.488 e. The van der Waals surface area contributed by atoms with Crippen molar-refractivity contribution in [2.75, 3.05) is 6.54 Å². The van der Waals surface area contributed by atoms with Crippen molar-refractivity contribution in [2.24, 2.45) is 5.73 Å². The molecule has 2 nitrogen and oxygen atoms in total. The molecule has 0 spiro atoms. The molecule has 19 heavy (non-hydrogen) atoms. The van der Waals surface area contributed by atoms with Gasteiger partial charge in [-0.15, -0.1) is 0 Å². The average molecular weight is 274 g/mol. The van der Waals surface area contributed by atoms with Gasteiger partial charge in [-0.2, -0.15) is 0 Å². The standard InChI is InChI=1S/C16H16ClNO/c1-10-4-2-3-5-14(10)15-8-12(17)6-11-7-13(9-18)19-16(11)15/h2-6,8,13H,7,9,18H2,1H3. The second-order valence-corrected chi connectivity index (χ2v) is 5.37. The van der Waals surface area contributed by atoms with Crippen LogP contribution in [0.15, 0.2) is 36.4 Å². The van der Waals surface area contributed by atoms with E-state index >= 15 is 0 Å². The third kappa shape index (κ3) is 2.22. The molecule has 0 radical (unpaired) electrons. The highest BCUT2D eigenvalue weighted by Crippen LogP contribution is 2.41. The first kappa shape index (κ1) is 12.5. The summed E-state index contributed by atoms with van der Waals surface area (Å²) in [5, 5.41) is 0.748. The number of benzene rings is 2. The first-order valence-electron chi connectivity index (χ1n) is 6.44. The summed E-state index contributed by atoms with van der Waals surface area (Å²) in [6.45, 7) is 2.62. The number of nitrogens with two attached hydrogens (primary N) is 1. The van der Waals surface area contributed by atoms with Crippen LogP contribution in [0.4, 0.5) is 0 Å². The highest BCUT2D eigenvalue weighted by atomic mass is 35.5. The van der Waals surface area contributed by atoms with E-state index < -0.39 is 0 Å². The second-order valence-electron chi connectivity index (χ2n) is 4.94. The van der Waals surface area contributed by atoms with Gasteiger partial charge in [-0.1, -0.05) is 35.9 Å². The number of hydrogen-bond donors (Lipinski definition) is 1. The van der Waals surface area contributed by atoms with Crippen molar-refractivity contribution in [3.8, 4) is 16.9 Å². The minimum atomic E-state index is 0.0660. The second kappa shape index (κ2) is 4.87. The zero-order chi connectivity index (χ0) is 13.4. The fraction of sp³-hybridized carbons (Fsp3) is 0.250. The molecular formula is C16H16ClNO. The van der Waals surface area contributed by atoms with Crippen molar-refractivity contribution >= 4 is 11.6 Å². The van der Waals surface area contributed by atoms with Gasteiger partial charge in [-0.3, -0.25) is 0 Å². The number of halogens is 1. The predicted molar refractivity (Wildman–Crippen MR) is 78.8 cm³/mol. The maximum absolute atomic E-state index is 6.23. The van der Waals surface area contributed by atoms with E-state index in [0.29, 0.717) is 6.54 Å². The Bertz CT molecular complexity index is 624. The van der Waals surface area contributed by atoms with E-state index in [1.807, 2.05) is 24.3 Å². The van der Waals surface area contributed by atoms with Gasteiger partial charge in [0, 0.05) is 23.6 Å². The average Bonchev–Trinajstić information content (AvgIpc) is 2.81. The van der Waals surface area contributed by atoms with Gasteiger partial charge in [0.1, 0.15) is 11.9 Å². The van der Waals surface area contributed by atoms with Crippen LogP contribution in [-0.4, -0.2) is 12.6 Å². The Morgan fingerprint density at radius 3 is 2.79 bits per heavy atom. The fourth-order valence-corrected chi connectivity index (χ4v) is 2.84. The Morgan fingerprint density at radius 1 is 1.26 bits per heavy atom. The lowest BCUT2D eigenvalue weighted by atomic mass is 9.97. The summed E-state index contributed by atoms with van der Waals surface area (Å²) in [6, 6.07) is 12.2. The molecule has 1 heterocycles. The van der Waals surface area contributed by atoms with Crippen LogP contribution in [0.5, 0.6) is 5.75 Å². The lowest BCUT2D eigenvalue weighted by Crippen LogP contribution is -2.24. The van der Waals surface area contributed by atoms with E-state index in [0.717, 1.165) is 28.3 Å². The van der Waals surface area contributed by atoms with Crippen LogP contribution < -0.4 is 10.5 Å². The van der Waals surface area contributed by atoms with Crippen LogP contribution in [0.1, 0.15) is 11.1 Å². The van der Waals surface area contributed by atoms with Gasteiger partial charge in [0.25, 0.3) is 0 Å².